The summed E-state index contributed by atoms with van der Waals surface area (Å²) in [6.45, 7) is 2.55. The number of rotatable bonds is 1. The average Bonchev–Trinajstić information content (AvgIpc) is 2.71. The van der Waals surface area contributed by atoms with Crippen LogP contribution in [0.1, 0.15) is 12.8 Å². The highest BCUT2D eigenvalue weighted by Gasteiger charge is 2.29. The molecule has 14 heavy (non-hydrogen) atoms. The highest BCUT2D eigenvalue weighted by atomic mass is 32.2. The number of carboxylic acid groups (broad SMARTS) is 1. The van der Waals surface area contributed by atoms with Crippen LogP contribution in [0, 0.1) is 0 Å². The molecule has 0 aromatic carbocycles. The van der Waals surface area contributed by atoms with Crippen LogP contribution in [0.2, 0.25) is 0 Å². The zero-order valence-electron chi connectivity index (χ0n) is 8.19. The van der Waals surface area contributed by atoms with Crippen LogP contribution in [0.4, 0.5) is 4.79 Å². The minimum atomic E-state index is -0.762. The fourth-order valence-corrected chi connectivity index (χ4v) is 3.21. The molecule has 0 aliphatic carbocycles. The molecule has 2 fully saturated rings. The molecular formula is C9H16N2O2S. The quantitative estimate of drug-likeness (QED) is 0.713. The van der Waals surface area contributed by atoms with E-state index in [-0.39, 0.29) is 0 Å². The first-order valence-corrected chi connectivity index (χ1v) is 6.22. The van der Waals surface area contributed by atoms with Gasteiger partial charge >= 0.3 is 6.09 Å². The molecule has 2 rings (SSSR count). The lowest BCUT2D eigenvalue weighted by Gasteiger charge is -2.35. The maximum Gasteiger partial charge on any atom is 0.407 e. The van der Waals surface area contributed by atoms with Gasteiger partial charge in [-0.3, -0.25) is 4.90 Å². The second-order valence-electron chi connectivity index (χ2n) is 3.87. The summed E-state index contributed by atoms with van der Waals surface area (Å²) in [5.41, 5.74) is 0. The van der Waals surface area contributed by atoms with Gasteiger partial charge in [0, 0.05) is 37.3 Å². The van der Waals surface area contributed by atoms with E-state index in [2.05, 4.69) is 4.90 Å². The number of piperidine rings is 1. The van der Waals surface area contributed by atoms with Gasteiger partial charge in [0.15, 0.2) is 0 Å². The van der Waals surface area contributed by atoms with Crippen molar-refractivity contribution in [3.05, 3.63) is 0 Å². The van der Waals surface area contributed by atoms with Gasteiger partial charge in [-0.05, 0) is 12.8 Å². The normalized spacial score (nSPS) is 29.4. The van der Waals surface area contributed by atoms with Crippen LogP contribution < -0.4 is 0 Å². The molecular weight excluding hydrogens is 200 g/mol. The van der Waals surface area contributed by atoms with Crippen LogP contribution in [0.25, 0.3) is 0 Å². The van der Waals surface area contributed by atoms with Gasteiger partial charge in [-0.2, -0.15) is 0 Å². The average molecular weight is 216 g/mol. The molecule has 0 radical (unpaired) electrons. The summed E-state index contributed by atoms with van der Waals surface area (Å²) in [5.74, 6) is 2.28. The van der Waals surface area contributed by atoms with Gasteiger partial charge in [-0.25, -0.2) is 4.79 Å². The zero-order valence-corrected chi connectivity index (χ0v) is 9.00. The first kappa shape index (κ1) is 10.1. The molecule has 0 aromatic rings. The molecule has 0 spiro atoms. The first-order chi connectivity index (χ1) is 6.77. The zero-order chi connectivity index (χ0) is 9.97. The number of thioether (sulfide) groups is 1. The Morgan fingerprint density at radius 1 is 1.43 bits per heavy atom. The Labute approximate surface area is 88.2 Å². The third-order valence-corrected chi connectivity index (χ3v) is 3.95. The number of nitrogens with zero attached hydrogens (tertiary/aromatic N) is 2. The molecule has 80 valence electrons. The molecule has 1 unspecified atom stereocenters. The topological polar surface area (TPSA) is 43.8 Å². The molecule has 2 aliphatic rings. The molecule has 1 N–H and O–H groups in total. The molecule has 2 saturated heterocycles. The Morgan fingerprint density at radius 3 is 2.93 bits per heavy atom. The maximum absolute atomic E-state index is 10.8. The highest BCUT2D eigenvalue weighted by molar-refractivity contribution is 7.99. The minimum absolute atomic E-state index is 0.467. The van der Waals surface area contributed by atoms with Gasteiger partial charge in [0.2, 0.25) is 0 Å². The third kappa shape index (κ3) is 2.15. The van der Waals surface area contributed by atoms with Gasteiger partial charge in [0.1, 0.15) is 0 Å². The van der Waals surface area contributed by atoms with E-state index in [0.29, 0.717) is 19.1 Å². The van der Waals surface area contributed by atoms with Crippen LogP contribution in [0.5, 0.6) is 0 Å². The maximum atomic E-state index is 10.8. The fraction of sp³-hybridized carbons (Fsp3) is 0.889. The van der Waals surface area contributed by atoms with Gasteiger partial charge in [-0.15, -0.1) is 11.8 Å². The van der Waals surface area contributed by atoms with Crippen molar-refractivity contribution in [2.24, 2.45) is 0 Å². The summed E-state index contributed by atoms with van der Waals surface area (Å²) in [7, 11) is 0. The van der Waals surface area contributed by atoms with Crippen molar-refractivity contribution in [2.45, 2.75) is 18.9 Å². The van der Waals surface area contributed by atoms with Crippen LogP contribution in [0.3, 0.4) is 0 Å². The molecule has 0 aromatic heterocycles. The van der Waals surface area contributed by atoms with Crippen molar-refractivity contribution in [2.75, 3.05) is 31.3 Å². The van der Waals surface area contributed by atoms with Crippen molar-refractivity contribution >= 4 is 17.9 Å². The second-order valence-corrected chi connectivity index (χ2v) is 4.95. The fourth-order valence-electron chi connectivity index (χ4n) is 2.14. The van der Waals surface area contributed by atoms with Crippen LogP contribution in [0.15, 0.2) is 0 Å². The highest BCUT2D eigenvalue weighted by Crippen LogP contribution is 2.22. The SMILES string of the molecule is O=C(O)N1CCCC(N2CCSC2)C1. The number of amides is 1. The minimum Gasteiger partial charge on any atom is -0.465 e. The molecule has 0 saturated carbocycles. The smallest absolute Gasteiger partial charge is 0.407 e. The largest absolute Gasteiger partial charge is 0.465 e. The Kier molecular flexibility index (Phi) is 3.18. The van der Waals surface area contributed by atoms with Crippen LogP contribution >= 0.6 is 11.8 Å². The molecule has 1 amide bonds. The van der Waals surface area contributed by atoms with E-state index >= 15 is 0 Å². The lowest BCUT2D eigenvalue weighted by atomic mass is 10.1. The van der Waals surface area contributed by atoms with Gasteiger partial charge < -0.3 is 10.0 Å². The monoisotopic (exact) mass is 216 g/mol. The van der Waals surface area contributed by atoms with E-state index < -0.39 is 6.09 Å². The van der Waals surface area contributed by atoms with Crippen molar-refractivity contribution in [1.29, 1.82) is 0 Å². The molecule has 2 aliphatic heterocycles. The van der Waals surface area contributed by atoms with Crippen molar-refractivity contribution in [1.82, 2.24) is 9.80 Å². The summed E-state index contributed by atoms with van der Waals surface area (Å²) in [5, 5.41) is 8.90. The lowest BCUT2D eigenvalue weighted by Crippen LogP contribution is -2.48. The van der Waals surface area contributed by atoms with Crippen molar-refractivity contribution in [3.8, 4) is 0 Å². The summed E-state index contributed by atoms with van der Waals surface area (Å²) < 4.78 is 0. The Bertz CT molecular complexity index is 219. The predicted molar refractivity (Wildman–Crippen MR) is 56.7 cm³/mol. The number of hydrogen-bond acceptors (Lipinski definition) is 3. The van der Waals surface area contributed by atoms with E-state index in [1.165, 1.54) is 5.75 Å². The third-order valence-electron chi connectivity index (χ3n) is 2.96. The molecule has 4 nitrogen and oxygen atoms in total. The molecule has 5 heteroatoms. The van der Waals surface area contributed by atoms with Crippen LogP contribution in [-0.4, -0.2) is 58.3 Å². The Balaban J connectivity index is 1.89. The van der Waals surface area contributed by atoms with Crippen molar-refractivity contribution < 1.29 is 9.90 Å². The van der Waals surface area contributed by atoms with E-state index in [1.54, 1.807) is 4.90 Å². The van der Waals surface area contributed by atoms with E-state index in [1.807, 2.05) is 11.8 Å². The molecule has 2 heterocycles. The predicted octanol–water partition coefficient (Wildman–Crippen LogP) is 1.14. The van der Waals surface area contributed by atoms with Gasteiger partial charge in [0.05, 0.1) is 0 Å². The summed E-state index contributed by atoms with van der Waals surface area (Å²) in [4.78, 5) is 14.8. The molecule has 0 bridgehead atoms. The molecule has 1 atom stereocenters. The number of hydrogen-bond donors (Lipinski definition) is 1. The van der Waals surface area contributed by atoms with E-state index in [0.717, 1.165) is 25.3 Å². The summed E-state index contributed by atoms with van der Waals surface area (Å²) in [6, 6.07) is 0.467. The van der Waals surface area contributed by atoms with Gasteiger partial charge in [0.25, 0.3) is 0 Å². The summed E-state index contributed by atoms with van der Waals surface area (Å²) >= 11 is 1.95. The standard InChI is InChI=1S/C9H16N2O2S/c12-9(13)10-3-1-2-8(6-10)11-4-5-14-7-11/h8H,1-7H2,(H,12,13). The van der Waals surface area contributed by atoms with Crippen LogP contribution in [-0.2, 0) is 0 Å². The second kappa shape index (κ2) is 4.40. The van der Waals surface area contributed by atoms with E-state index in [9.17, 15) is 4.79 Å². The first-order valence-electron chi connectivity index (χ1n) is 5.07. The van der Waals surface area contributed by atoms with E-state index in [4.69, 9.17) is 5.11 Å². The number of likely N-dealkylation sites (tertiary alicyclic amines) is 1. The Morgan fingerprint density at radius 2 is 2.29 bits per heavy atom. The summed E-state index contributed by atoms with van der Waals surface area (Å²) in [6.07, 6.45) is 1.41. The Hall–Kier alpha value is -0.420. The van der Waals surface area contributed by atoms with Gasteiger partial charge in [-0.1, -0.05) is 0 Å². The number of carbonyl (C=O) groups is 1. The van der Waals surface area contributed by atoms with Crippen molar-refractivity contribution in [3.63, 3.8) is 0 Å². The lowest BCUT2D eigenvalue weighted by molar-refractivity contribution is 0.0992.